The molecule has 0 fully saturated rings. The zero-order valence-corrected chi connectivity index (χ0v) is 15.6. The highest BCUT2D eigenvalue weighted by Crippen LogP contribution is 2.27. The van der Waals surface area contributed by atoms with Gasteiger partial charge in [-0.15, -0.1) is 0 Å². The number of aromatic nitrogens is 7. The first-order valence-electron chi connectivity index (χ1n) is 8.60. The molecule has 0 spiro atoms. The minimum absolute atomic E-state index is 0.179. The largest absolute Gasteiger partial charge is 0.364 e. The van der Waals surface area contributed by atoms with Gasteiger partial charge >= 0.3 is 0 Å². The summed E-state index contributed by atoms with van der Waals surface area (Å²) in [5, 5.41) is 5.09. The molecule has 4 rings (SSSR count). The third kappa shape index (κ3) is 2.67. The third-order valence-electron chi connectivity index (χ3n) is 4.54. The number of hydrogen-bond donors (Lipinski definition) is 1. The number of nitrogens with two attached hydrogens (primary N) is 1. The van der Waals surface area contributed by atoms with Crippen molar-refractivity contribution < 1.29 is 4.79 Å². The highest BCUT2D eigenvalue weighted by Gasteiger charge is 2.19. The Labute approximate surface area is 155 Å². The van der Waals surface area contributed by atoms with Crippen LogP contribution in [0.3, 0.4) is 0 Å². The van der Waals surface area contributed by atoms with Gasteiger partial charge in [0.05, 0.1) is 17.4 Å². The highest BCUT2D eigenvalue weighted by atomic mass is 16.1. The fourth-order valence-corrected chi connectivity index (χ4v) is 3.22. The van der Waals surface area contributed by atoms with Crippen molar-refractivity contribution in [1.82, 2.24) is 33.9 Å². The van der Waals surface area contributed by atoms with Crippen molar-refractivity contribution in [2.75, 3.05) is 0 Å². The minimum Gasteiger partial charge on any atom is -0.364 e. The van der Waals surface area contributed by atoms with E-state index in [1.54, 1.807) is 16.9 Å². The van der Waals surface area contributed by atoms with Gasteiger partial charge in [0.1, 0.15) is 17.2 Å². The van der Waals surface area contributed by atoms with E-state index in [0.29, 0.717) is 11.5 Å². The van der Waals surface area contributed by atoms with E-state index in [9.17, 15) is 4.79 Å². The van der Waals surface area contributed by atoms with Gasteiger partial charge in [-0.2, -0.15) is 5.10 Å². The molecule has 0 unspecified atom stereocenters. The van der Waals surface area contributed by atoms with Crippen molar-refractivity contribution >= 4 is 16.8 Å². The molecule has 1 amide bonds. The first kappa shape index (κ1) is 17.0. The molecule has 9 heteroatoms. The Morgan fingerprint density at radius 1 is 1.19 bits per heavy atom. The van der Waals surface area contributed by atoms with Crippen LogP contribution in [0.25, 0.3) is 28.2 Å². The average molecular weight is 364 g/mol. The summed E-state index contributed by atoms with van der Waals surface area (Å²) in [6.07, 6.45) is 6.38. The van der Waals surface area contributed by atoms with Crippen molar-refractivity contribution in [3.05, 3.63) is 41.9 Å². The second-order valence-electron chi connectivity index (χ2n) is 6.48. The van der Waals surface area contributed by atoms with Crippen LogP contribution in [-0.4, -0.2) is 39.8 Å². The van der Waals surface area contributed by atoms with Crippen LogP contribution in [0, 0.1) is 6.92 Å². The molecule has 0 aliphatic rings. The summed E-state index contributed by atoms with van der Waals surface area (Å²) in [5.74, 6) is 1.71. The van der Waals surface area contributed by atoms with Gasteiger partial charge < -0.3 is 10.3 Å². The van der Waals surface area contributed by atoms with Gasteiger partial charge in [0.25, 0.3) is 5.91 Å². The van der Waals surface area contributed by atoms with E-state index >= 15 is 0 Å². The lowest BCUT2D eigenvalue weighted by molar-refractivity contribution is 0.0996. The predicted octanol–water partition coefficient (Wildman–Crippen LogP) is 1.52. The molecule has 4 aromatic rings. The number of aryl methyl sites for hydroxylation is 4. The van der Waals surface area contributed by atoms with E-state index in [-0.39, 0.29) is 5.69 Å². The Kier molecular flexibility index (Phi) is 3.79. The van der Waals surface area contributed by atoms with E-state index in [1.807, 2.05) is 42.5 Å². The summed E-state index contributed by atoms with van der Waals surface area (Å²) in [4.78, 5) is 25.5. The number of hydrogen-bond acceptors (Lipinski definition) is 5. The summed E-state index contributed by atoms with van der Waals surface area (Å²) in [6.45, 7) is 4.01. The predicted molar refractivity (Wildman–Crippen MR) is 100 cm³/mol. The molecule has 138 valence electrons. The lowest BCUT2D eigenvalue weighted by Gasteiger charge is -2.05. The van der Waals surface area contributed by atoms with Gasteiger partial charge in [-0.25, -0.2) is 15.0 Å². The van der Waals surface area contributed by atoms with Crippen LogP contribution < -0.4 is 5.73 Å². The minimum atomic E-state index is -0.590. The van der Waals surface area contributed by atoms with Gasteiger partial charge in [0, 0.05) is 38.3 Å². The third-order valence-corrected chi connectivity index (χ3v) is 4.54. The molecule has 2 N–H and O–H groups in total. The normalized spacial score (nSPS) is 11.4. The Morgan fingerprint density at radius 2 is 1.96 bits per heavy atom. The molecule has 0 aromatic carbocycles. The standard InChI is InChI=1S/C18H20N8O/c1-5-14-21-10(2)8-26(14)15-9-24(3)18(23-15)16-11-7-20-25(4)13(11)6-12(22-16)17(19)27/h6-9H,5H2,1-4H3,(H2,19,27). The number of amides is 1. The molecule has 0 aliphatic heterocycles. The molecule has 0 radical (unpaired) electrons. The average Bonchev–Trinajstić information content (AvgIpc) is 3.31. The van der Waals surface area contributed by atoms with Crippen LogP contribution in [0.2, 0.25) is 0 Å². The molecule has 4 aromatic heterocycles. The first-order chi connectivity index (χ1) is 12.9. The number of pyridine rings is 1. The van der Waals surface area contributed by atoms with Crippen LogP contribution in [-0.2, 0) is 20.5 Å². The maximum absolute atomic E-state index is 11.7. The smallest absolute Gasteiger partial charge is 0.267 e. The van der Waals surface area contributed by atoms with Gasteiger partial charge in [0.2, 0.25) is 0 Å². The number of fused-ring (bicyclic) bond motifs is 1. The number of carbonyl (C=O) groups excluding carboxylic acids is 1. The highest BCUT2D eigenvalue weighted by molar-refractivity contribution is 5.99. The summed E-state index contributed by atoms with van der Waals surface area (Å²) >= 11 is 0. The maximum Gasteiger partial charge on any atom is 0.267 e. The molecule has 0 saturated carbocycles. The molecule has 4 heterocycles. The van der Waals surface area contributed by atoms with Crippen molar-refractivity contribution in [3.8, 4) is 17.3 Å². The lowest BCUT2D eigenvalue weighted by Crippen LogP contribution is -2.14. The molecule has 9 nitrogen and oxygen atoms in total. The Hall–Kier alpha value is -3.49. The monoisotopic (exact) mass is 364 g/mol. The van der Waals surface area contributed by atoms with E-state index in [1.165, 1.54) is 0 Å². The van der Waals surface area contributed by atoms with Gasteiger partial charge in [0.15, 0.2) is 11.6 Å². The van der Waals surface area contributed by atoms with Crippen LogP contribution in [0.15, 0.2) is 24.7 Å². The summed E-state index contributed by atoms with van der Waals surface area (Å²) in [5.41, 5.74) is 7.92. The number of primary amides is 1. The van der Waals surface area contributed by atoms with E-state index in [4.69, 9.17) is 10.7 Å². The second-order valence-corrected chi connectivity index (χ2v) is 6.48. The zero-order valence-electron chi connectivity index (χ0n) is 15.6. The van der Waals surface area contributed by atoms with Crippen LogP contribution >= 0.6 is 0 Å². The van der Waals surface area contributed by atoms with Gasteiger partial charge in [-0.1, -0.05) is 6.92 Å². The summed E-state index contributed by atoms with van der Waals surface area (Å²) < 4.78 is 5.53. The summed E-state index contributed by atoms with van der Waals surface area (Å²) in [6, 6.07) is 1.65. The number of nitrogens with zero attached hydrogens (tertiary/aromatic N) is 7. The van der Waals surface area contributed by atoms with Crippen molar-refractivity contribution in [2.24, 2.45) is 19.8 Å². The topological polar surface area (TPSA) is 109 Å². The lowest BCUT2D eigenvalue weighted by atomic mass is 10.2. The quantitative estimate of drug-likeness (QED) is 0.590. The Bertz CT molecular complexity index is 1180. The number of rotatable bonds is 4. The van der Waals surface area contributed by atoms with Crippen LogP contribution in [0.4, 0.5) is 0 Å². The fourth-order valence-electron chi connectivity index (χ4n) is 3.22. The summed E-state index contributed by atoms with van der Waals surface area (Å²) in [7, 11) is 3.70. The van der Waals surface area contributed by atoms with Crippen molar-refractivity contribution in [1.29, 1.82) is 0 Å². The molecule has 0 saturated heterocycles. The number of imidazole rings is 2. The van der Waals surface area contributed by atoms with Crippen molar-refractivity contribution in [2.45, 2.75) is 20.3 Å². The van der Waals surface area contributed by atoms with Gasteiger partial charge in [-0.05, 0) is 13.0 Å². The SMILES string of the molecule is CCc1nc(C)cn1-c1cn(C)c(-c2nc(C(N)=O)cc3c2cnn3C)n1. The molecule has 0 aliphatic carbocycles. The molecular formula is C18H20N8O. The maximum atomic E-state index is 11.7. The molecule has 27 heavy (non-hydrogen) atoms. The number of carbonyl (C=O) groups is 1. The second kappa shape index (κ2) is 6.04. The molecular weight excluding hydrogens is 344 g/mol. The molecule has 0 atom stereocenters. The van der Waals surface area contributed by atoms with E-state index < -0.39 is 5.91 Å². The van der Waals surface area contributed by atoms with Gasteiger partial charge in [-0.3, -0.25) is 14.0 Å². The molecule has 0 bridgehead atoms. The van der Waals surface area contributed by atoms with E-state index in [0.717, 1.165) is 34.7 Å². The fraction of sp³-hybridized carbons (Fsp3) is 0.278. The van der Waals surface area contributed by atoms with Crippen molar-refractivity contribution in [3.63, 3.8) is 0 Å². The van der Waals surface area contributed by atoms with Crippen LogP contribution in [0.5, 0.6) is 0 Å². The first-order valence-corrected chi connectivity index (χ1v) is 8.60. The van der Waals surface area contributed by atoms with E-state index in [2.05, 4.69) is 22.0 Å². The zero-order chi connectivity index (χ0) is 19.3. The van der Waals surface area contributed by atoms with Crippen LogP contribution in [0.1, 0.15) is 28.9 Å². The Morgan fingerprint density at radius 3 is 2.67 bits per heavy atom. The Balaban J connectivity index is 1.94.